The minimum Gasteiger partial charge on any atom is -0.441 e. The SMILES string of the molecule is CC(OC(=O)Nc1c(C#Cc2sc3cc(C4(CO)CC4)sc3c2C(F)(F)F)cnn1C)c1ccccc1. The van der Waals surface area contributed by atoms with Crippen molar-refractivity contribution in [3.63, 3.8) is 0 Å². The van der Waals surface area contributed by atoms with E-state index in [0.717, 1.165) is 46.0 Å². The lowest BCUT2D eigenvalue weighted by Gasteiger charge is -2.14. The number of alkyl halides is 3. The summed E-state index contributed by atoms with van der Waals surface area (Å²) in [5.41, 5.74) is -0.0927. The van der Waals surface area contributed by atoms with Gasteiger partial charge in [-0.05, 0) is 37.3 Å². The molecule has 0 bridgehead atoms. The highest BCUT2D eigenvalue weighted by atomic mass is 32.1. The number of ether oxygens (including phenoxy) is 1. The molecule has 0 aliphatic heterocycles. The number of nitrogens with one attached hydrogen (secondary N) is 1. The second kappa shape index (κ2) is 9.52. The monoisotopic (exact) mass is 545 g/mol. The molecule has 0 saturated heterocycles. The molecule has 5 rings (SSSR count). The van der Waals surface area contributed by atoms with Gasteiger partial charge in [0.1, 0.15) is 11.9 Å². The number of aliphatic hydroxyl groups excluding tert-OH is 1. The fourth-order valence-electron chi connectivity index (χ4n) is 4.01. The maximum absolute atomic E-state index is 14.1. The van der Waals surface area contributed by atoms with Crippen molar-refractivity contribution in [3.05, 3.63) is 69.0 Å². The molecule has 4 aromatic rings. The summed E-state index contributed by atoms with van der Waals surface area (Å²) >= 11 is 2.05. The number of thiophene rings is 2. The van der Waals surface area contributed by atoms with Crippen molar-refractivity contribution in [1.29, 1.82) is 0 Å². The first-order valence-electron chi connectivity index (χ1n) is 11.4. The lowest BCUT2D eigenvalue weighted by atomic mass is 10.1. The van der Waals surface area contributed by atoms with Gasteiger partial charge in [-0.2, -0.15) is 18.3 Å². The summed E-state index contributed by atoms with van der Waals surface area (Å²) in [6.07, 6.45) is -2.91. The van der Waals surface area contributed by atoms with Gasteiger partial charge in [-0.25, -0.2) is 4.79 Å². The summed E-state index contributed by atoms with van der Waals surface area (Å²) in [5, 5.41) is 16.4. The molecule has 0 spiro atoms. The summed E-state index contributed by atoms with van der Waals surface area (Å²) in [6, 6.07) is 10.9. The molecule has 1 unspecified atom stereocenters. The number of fused-ring (bicyclic) bond motifs is 1. The molecule has 1 aliphatic carbocycles. The van der Waals surface area contributed by atoms with Crippen molar-refractivity contribution < 1.29 is 27.8 Å². The van der Waals surface area contributed by atoms with Gasteiger partial charge in [0, 0.05) is 22.0 Å². The van der Waals surface area contributed by atoms with Crippen LogP contribution in [0.1, 0.15) is 52.3 Å². The molecule has 1 aromatic carbocycles. The molecular weight excluding hydrogens is 523 g/mol. The van der Waals surface area contributed by atoms with E-state index < -0.39 is 29.4 Å². The van der Waals surface area contributed by atoms with Crippen LogP contribution in [0.4, 0.5) is 23.8 Å². The third-order valence-electron chi connectivity index (χ3n) is 6.35. The number of amides is 1. The van der Waals surface area contributed by atoms with Crippen molar-refractivity contribution in [1.82, 2.24) is 9.78 Å². The summed E-state index contributed by atoms with van der Waals surface area (Å²) in [7, 11) is 1.58. The van der Waals surface area contributed by atoms with E-state index in [1.807, 2.05) is 30.3 Å². The Kier molecular flexibility index (Phi) is 6.52. The van der Waals surface area contributed by atoms with Crippen LogP contribution in [0.3, 0.4) is 0 Å². The van der Waals surface area contributed by atoms with Gasteiger partial charge in [-0.1, -0.05) is 36.3 Å². The summed E-state index contributed by atoms with van der Waals surface area (Å²) in [4.78, 5) is 13.2. The predicted molar refractivity (Wildman–Crippen MR) is 137 cm³/mol. The van der Waals surface area contributed by atoms with Crippen LogP contribution in [0, 0.1) is 11.8 Å². The number of aryl methyl sites for hydroxylation is 1. The fourth-order valence-corrected chi connectivity index (χ4v) is 6.77. The summed E-state index contributed by atoms with van der Waals surface area (Å²) in [6.45, 7) is 1.66. The number of halogens is 3. The molecule has 1 atom stereocenters. The molecular formula is C26H22F3N3O3S2. The number of benzene rings is 1. The van der Waals surface area contributed by atoms with Crippen molar-refractivity contribution in [2.24, 2.45) is 7.05 Å². The van der Waals surface area contributed by atoms with Gasteiger partial charge in [-0.15, -0.1) is 22.7 Å². The maximum Gasteiger partial charge on any atom is 0.419 e. The van der Waals surface area contributed by atoms with Crippen molar-refractivity contribution >= 4 is 44.0 Å². The van der Waals surface area contributed by atoms with Gasteiger partial charge in [-0.3, -0.25) is 10.00 Å². The number of hydrogen-bond acceptors (Lipinski definition) is 6. The Morgan fingerprint density at radius 3 is 2.65 bits per heavy atom. The predicted octanol–water partition coefficient (Wildman–Crippen LogP) is 6.45. The Morgan fingerprint density at radius 1 is 1.27 bits per heavy atom. The zero-order valence-electron chi connectivity index (χ0n) is 19.8. The number of anilines is 1. The van der Waals surface area contributed by atoms with Crippen LogP contribution in [0.5, 0.6) is 0 Å². The normalized spacial score (nSPS) is 15.2. The quantitative estimate of drug-likeness (QED) is 0.283. The standard InChI is InChI=1S/C26H22F3N3O3S2/c1-15(16-6-4-3-5-7-16)35-24(34)31-23-17(13-30-32(23)2)8-9-18-21(26(27,28)29)22-19(36-18)12-20(37-22)25(14-33)10-11-25/h3-7,12-13,15,33H,10-11,14H2,1-2H3,(H,31,34). The fraction of sp³-hybridized carbons (Fsp3) is 0.308. The molecule has 1 saturated carbocycles. The topological polar surface area (TPSA) is 76.4 Å². The number of hydrogen-bond donors (Lipinski definition) is 2. The largest absolute Gasteiger partial charge is 0.441 e. The molecule has 37 heavy (non-hydrogen) atoms. The third-order valence-corrected chi connectivity index (χ3v) is 8.93. The summed E-state index contributed by atoms with van der Waals surface area (Å²) in [5.74, 6) is 5.61. The van der Waals surface area contributed by atoms with Gasteiger partial charge in [0.15, 0.2) is 0 Å². The van der Waals surface area contributed by atoms with Crippen LogP contribution in [0.2, 0.25) is 0 Å². The van der Waals surface area contributed by atoms with Gasteiger partial charge < -0.3 is 9.84 Å². The van der Waals surface area contributed by atoms with Crippen LogP contribution in [-0.4, -0.2) is 27.6 Å². The van der Waals surface area contributed by atoms with E-state index in [9.17, 15) is 23.1 Å². The van der Waals surface area contributed by atoms with Crippen molar-refractivity contribution in [3.8, 4) is 11.8 Å². The van der Waals surface area contributed by atoms with Crippen molar-refractivity contribution in [2.45, 2.75) is 37.5 Å². The van der Waals surface area contributed by atoms with Gasteiger partial charge in [0.25, 0.3) is 0 Å². The zero-order chi connectivity index (χ0) is 26.4. The molecule has 192 valence electrons. The Hall–Kier alpha value is -3.33. The van der Waals surface area contributed by atoms with Crippen LogP contribution in [0.15, 0.2) is 42.6 Å². The van der Waals surface area contributed by atoms with E-state index in [2.05, 4.69) is 22.3 Å². The van der Waals surface area contributed by atoms with Gasteiger partial charge in [0.2, 0.25) is 0 Å². The van der Waals surface area contributed by atoms with Crippen LogP contribution in [-0.2, 0) is 23.4 Å². The molecule has 0 radical (unpaired) electrons. The second-order valence-corrected chi connectivity index (χ2v) is 11.0. The summed E-state index contributed by atoms with van der Waals surface area (Å²) < 4.78 is 49.6. The molecule has 11 heteroatoms. The molecule has 6 nitrogen and oxygen atoms in total. The van der Waals surface area contributed by atoms with Gasteiger partial charge >= 0.3 is 12.3 Å². The number of carbonyl (C=O) groups excluding carboxylic acids is 1. The lowest BCUT2D eigenvalue weighted by molar-refractivity contribution is -0.136. The van der Waals surface area contributed by atoms with Crippen LogP contribution >= 0.6 is 22.7 Å². The number of aliphatic hydroxyl groups is 1. The number of aromatic nitrogens is 2. The van der Waals surface area contributed by atoms with E-state index in [-0.39, 0.29) is 27.6 Å². The molecule has 1 fully saturated rings. The van der Waals surface area contributed by atoms with Crippen molar-refractivity contribution in [2.75, 3.05) is 11.9 Å². The van der Waals surface area contributed by atoms with E-state index in [1.54, 1.807) is 20.0 Å². The zero-order valence-corrected chi connectivity index (χ0v) is 21.5. The van der Waals surface area contributed by atoms with E-state index >= 15 is 0 Å². The average Bonchev–Trinajstić information content (AvgIpc) is 3.26. The molecule has 2 N–H and O–H groups in total. The second-order valence-electron chi connectivity index (χ2n) is 8.91. The highest BCUT2D eigenvalue weighted by Crippen LogP contribution is 2.54. The minimum atomic E-state index is -4.59. The number of rotatable bonds is 5. The third kappa shape index (κ3) is 4.97. The first kappa shape index (κ1) is 25.3. The highest BCUT2D eigenvalue weighted by molar-refractivity contribution is 7.28. The molecule has 3 heterocycles. The Balaban J connectivity index is 1.41. The Labute approximate surface area is 218 Å². The average molecular weight is 546 g/mol. The smallest absolute Gasteiger partial charge is 0.419 e. The van der Waals surface area contributed by atoms with Gasteiger partial charge in [0.05, 0.1) is 33.5 Å². The van der Waals surface area contributed by atoms with Crippen LogP contribution in [0.25, 0.3) is 9.40 Å². The molecule has 1 amide bonds. The highest BCUT2D eigenvalue weighted by Gasteiger charge is 2.46. The van der Waals surface area contributed by atoms with E-state index in [1.165, 1.54) is 10.9 Å². The molecule has 3 aromatic heterocycles. The number of carbonyl (C=O) groups is 1. The Bertz CT molecular complexity index is 1520. The molecule has 1 aliphatic rings. The van der Waals surface area contributed by atoms with E-state index in [0.29, 0.717) is 4.70 Å². The first-order chi connectivity index (χ1) is 17.6. The maximum atomic E-state index is 14.1. The minimum absolute atomic E-state index is 0.0713. The number of nitrogens with zero attached hydrogens (tertiary/aromatic N) is 2. The van der Waals surface area contributed by atoms with Crippen LogP contribution < -0.4 is 5.32 Å². The van der Waals surface area contributed by atoms with E-state index in [4.69, 9.17) is 4.74 Å². The Morgan fingerprint density at radius 2 is 2.00 bits per heavy atom. The lowest BCUT2D eigenvalue weighted by Crippen LogP contribution is -2.18. The first-order valence-corrected chi connectivity index (χ1v) is 13.1.